The number of thioether (sulfide) groups is 7. The van der Waals surface area contributed by atoms with Crippen LogP contribution in [0.25, 0.3) is 0 Å². The summed E-state index contributed by atoms with van der Waals surface area (Å²) in [6, 6.07) is 63.8. The number of benzene rings is 7. The van der Waals surface area contributed by atoms with Gasteiger partial charge in [-0.05, 0) is 84.9 Å². The maximum atomic E-state index is 12.6. The molecule has 14 bridgehead atoms. The van der Waals surface area contributed by atoms with Gasteiger partial charge in [-0.15, -0.1) is 82.3 Å². The summed E-state index contributed by atoms with van der Waals surface area (Å²) in [5, 5.41) is 175. The molecule has 0 amide bonds. The van der Waals surface area contributed by atoms with E-state index in [1.54, 1.807) is 0 Å². The van der Waals surface area contributed by atoms with E-state index < -0.39 is 215 Å². The maximum Gasteiger partial charge on any atom is 0.187 e. The lowest BCUT2D eigenvalue weighted by atomic mass is 9.95. The third-order valence-electron chi connectivity index (χ3n) is 21.6. The molecule has 21 fully saturated rings. The third kappa shape index (κ3) is 21.9. The molecule has 28 nitrogen and oxygen atoms in total. The van der Waals surface area contributed by atoms with E-state index in [0.717, 1.165) is 34.3 Å². The Morgan fingerprint density at radius 2 is 0.261 bits per heavy atom. The molecule has 119 heavy (non-hydrogen) atoms. The molecule has 0 spiro atoms. The predicted octanol–water partition coefficient (Wildman–Crippen LogP) is 4.37. The summed E-state index contributed by atoms with van der Waals surface area (Å²) >= 11 is 8.89. The second kappa shape index (κ2) is 42.4. The smallest absolute Gasteiger partial charge is 0.187 e. The molecule has 21 heterocycles. The fourth-order valence-corrected chi connectivity index (χ4v) is 22.0. The Labute approximate surface area is 717 Å². The Morgan fingerprint density at radius 3 is 0.370 bits per heavy atom. The normalized spacial score (nSPS) is 39.8. The Balaban J connectivity index is 0.797. The van der Waals surface area contributed by atoms with Gasteiger partial charge in [0.1, 0.15) is 128 Å². The first-order chi connectivity index (χ1) is 57.8. The predicted molar refractivity (Wildman–Crippen MR) is 439 cm³/mol. The van der Waals surface area contributed by atoms with Gasteiger partial charge in [-0.2, -0.15) is 0 Å². The van der Waals surface area contributed by atoms with Crippen LogP contribution >= 0.6 is 82.3 Å². The van der Waals surface area contributed by atoms with E-state index in [-0.39, 0.29) is 40.3 Å². The van der Waals surface area contributed by atoms with E-state index in [2.05, 4.69) is 0 Å². The van der Waals surface area contributed by atoms with Gasteiger partial charge in [0, 0.05) is 74.5 Å². The molecule has 0 saturated carbocycles. The molecular formula is C84H98O28S7. The van der Waals surface area contributed by atoms with Crippen molar-refractivity contribution in [2.45, 2.75) is 249 Å². The van der Waals surface area contributed by atoms with Crippen LogP contribution in [-0.4, -0.2) is 327 Å². The van der Waals surface area contributed by atoms with Crippen molar-refractivity contribution in [3.05, 3.63) is 212 Å². The first-order valence-corrected chi connectivity index (χ1v) is 46.1. The number of rotatable bonds is 21. The summed E-state index contributed by atoms with van der Waals surface area (Å²) < 4.78 is 93.0. The van der Waals surface area contributed by atoms with Crippen LogP contribution in [0.4, 0.5) is 0 Å². The molecule has 35 atom stereocenters. The third-order valence-corrected chi connectivity index (χ3v) is 29.3. The monoisotopic (exact) mass is 1780 g/mol. The van der Waals surface area contributed by atoms with E-state index in [1.165, 1.54) is 82.3 Å². The summed E-state index contributed by atoms with van der Waals surface area (Å²) in [6.07, 6.45) is -61.4. The van der Waals surface area contributed by atoms with Crippen LogP contribution in [0.5, 0.6) is 0 Å². The summed E-state index contributed by atoms with van der Waals surface area (Å²) in [5.74, 6) is -0.293. The van der Waals surface area contributed by atoms with Crippen LogP contribution in [0.3, 0.4) is 0 Å². The van der Waals surface area contributed by atoms with Crippen molar-refractivity contribution in [3.63, 3.8) is 0 Å². The molecule has 21 aliphatic heterocycles. The van der Waals surface area contributed by atoms with Gasteiger partial charge in [0.25, 0.3) is 0 Å². The second-order valence-corrected chi connectivity index (χ2v) is 37.4. The number of ether oxygens (including phenoxy) is 14. The van der Waals surface area contributed by atoms with Gasteiger partial charge in [0.05, 0.1) is 42.7 Å². The van der Waals surface area contributed by atoms with Crippen LogP contribution in [-0.2, 0) is 66.3 Å². The number of aliphatic hydroxyl groups excluding tert-OH is 14. The summed E-state index contributed by atoms with van der Waals surface area (Å²) in [7, 11) is 0. The molecule has 644 valence electrons. The zero-order valence-corrected chi connectivity index (χ0v) is 69.4. The zero-order chi connectivity index (χ0) is 82.8. The summed E-state index contributed by atoms with van der Waals surface area (Å²) in [4.78, 5) is 5.20. The van der Waals surface area contributed by atoms with E-state index in [9.17, 15) is 71.5 Å². The first-order valence-electron chi connectivity index (χ1n) is 39.2. The quantitative estimate of drug-likeness (QED) is 0.0444. The lowest BCUT2D eigenvalue weighted by Crippen LogP contribution is -2.68. The minimum absolute atomic E-state index is 0.0419. The van der Waals surface area contributed by atoms with Crippen molar-refractivity contribution >= 4 is 82.3 Å². The SMILES string of the molecule is O[C@@H]1[C@@H](O)[C@H]2O[C@H]3[C@H](O)[C@@H](O)[C@@H](O[C@H]4[C@H](O)[C@@H](O)[C@@H](O[C@H]5[C@H](O)[C@@H](O)[C@@H](O[C@H]6[C@H](O)[C@@H](O)[C@@H](O[C@H]7[C@H](O)[C@@H](O)[C@@H](O[C@H]8[C@H](O)[C@@H](O)[C@@H](O[C@@H]1[C@@H](CSc1ccccc1)O2)O[C@@H]8CSc1ccccc1)O[C@@H]7CSc1ccccc1)O[C@@H]6CSc1ccccc1)O[C@@H]5CSc1ccccc1)O[C@@H]4CSc1ccccc1)O[C@@H]3CSc1ccccc1. The van der Waals surface area contributed by atoms with Crippen LogP contribution in [0.2, 0.25) is 0 Å². The van der Waals surface area contributed by atoms with Crippen LogP contribution in [0, 0.1) is 0 Å². The largest absolute Gasteiger partial charge is 0.387 e. The van der Waals surface area contributed by atoms with Gasteiger partial charge >= 0.3 is 0 Å². The van der Waals surface area contributed by atoms with Gasteiger partial charge in [0.2, 0.25) is 0 Å². The average molecular weight is 1780 g/mol. The molecule has 21 aliphatic rings. The summed E-state index contributed by atoms with van der Waals surface area (Å²) in [6.45, 7) is 0. The Morgan fingerprint density at radius 1 is 0.151 bits per heavy atom. The molecule has 7 aromatic rings. The molecule has 0 aromatic heterocycles. The van der Waals surface area contributed by atoms with Crippen molar-refractivity contribution in [2.75, 3.05) is 40.3 Å². The molecular weight excluding hydrogens is 1680 g/mol. The van der Waals surface area contributed by atoms with Gasteiger partial charge in [-0.3, -0.25) is 0 Å². The fraction of sp³-hybridized carbons (Fsp3) is 0.500. The second-order valence-electron chi connectivity index (χ2n) is 29.7. The maximum absolute atomic E-state index is 12.6. The Hall–Kier alpha value is -4.13. The van der Waals surface area contributed by atoms with Crippen molar-refractivity contribution in [2.24, 2.45) is 0 Å². The molecule has 14 N–H and O–H groups in total. The minimum Gasteiger partial charge on any atom is -0.387 e. The first kappa shape index (κ1) is 89.7. The molecule has 0 aliphatic carbocycles. The van der Waals surface area contributed by atoms with Gasteiger partial charge in [-0.25, -0.2) is 0 Å². The fourth-order valence-electron chi connectivity index (χ4n) is 15.2. The number of hydrogen-bond donors (Lipinski definition) is 14. The number of hydrogen-bond acceptors (Lipinski definition) is 35. The lowest BCUT2D eigenvalue weighted by molar-refractivity contribution is -0.389. The standard InChI is InChI=1S/C84H98O28S7/c85-57-64(92)78-99-50(36-113-43-22-8-1-9-23-43)71(57)106-79-65(93)58(86)73(52(100-79)38-115-45-26-12-3-13-27-45)108-81-67(95)60(88)75(54(102-81)40-117-47-30-16-5-17-31-47)110-83-69(97)62(90)77(56(104-83)42-119-49-34-20-7-21-35-49)112-84-70(98)63(91)76(55(105-84)41-118-48-32-18-6-19-33-48)111-82-68(96)61(89)74(53(103-82)39-116-46-28-14-4-15-29-46)109-80-66(94)59(87)72(107-78)51(101-80)37-114-44-24-10-2-11-25-44/h1-35,50-98H,36-42H2/t50-,51-,52-,53-,54-,55-,56-,57-,58-,59-,60-,61-,62-,63-,64-,65-,66-,67-,68-,69-,70-,71-,72-,73-,74-,75-,76-,77-,78-,79-,80-,81-,82-,83-,84-/m1/s1. The molecule has 21 saturated heterocycles. The van der Waals surface area contributed by atoms with E-state index in [1.807, 2.05) is 212 Å². The van der Waals surface area contributed by atoms with Crippen molar-refractivity contribution in [3.8, 4) is 0 Å². The van der Waals surface area contributed by atoms with Crippen LogP contribution < -0.4 is 0 Å². The lowest BCUT2D eigenvalue weighted by Gasteiger charge is -2.50. The highest BCUT2D eigenvalue weighted by Gasteiger charge is 2.60. The highest BCUT2D eigenvalue weighted by molar-refractivity contribution is 8.00. The highest BCUT2D eigenvalue weighted by atomic mass is 32.2. The van der Waals surface area contributed by atoms with Crippen molar-refractivity contribution in [1.82, 2.24) is 0 Å². The van der Waals surface area contributed by atoms with Crippen molar-refractivity contribution in [1.29, 1.82) is 0 Å². The minimum atomic E-state index is -2.05. The molecule has 0 unspecified atom stereocenters. The van der Waals surface area contributed by atoms with E-state index >= 15 is 0 Å². The number of aliphatic hydroxyl groups is 14. The zero-order valence-electron chi connectivity index (χ0n) is 63.7. The highest BCUT2D eigenvalue weighted by Crippen LogP contribution is 2.44. The molecule has 0 radical (unpaired) electrons. The molecule has 28 rings (SSSR count). The van der Waals surface area contributed by atoms with E-state index in [4.69, 9.17) is 66.3 Å². The molecule has 35 heteroatoms. The van der Waals surface area contributed by atoms with Gasteiger partial charge in [0.15, 0.2) is 44.0 Å². The van der Waals surface area contributed by atoms with Crippen LogP contribution in [0.15, 0.2) is 247 Å². The van der Waals surface area contributed by atoms with Crippen LogP contribution in [0.1, 0.15) is 0 Å². The average Bonchev–Trinajstić information content (AvgIpc) is 0.805. The van der Waals surface area contributed by atoms with Crippen molar-refractivity contribution < 1.29 is 138 Å². The Kier molecular flexibility index (Phi) is 32.0. The van der Waals surface area contributed by atoms with E-state index in [0.29, 0.717) is 0 Å². The topological polar surface area (TPSA) is 412 Å². The molecule has 7 aromatic carbocycles. The Bertz CT molecular complexity index is 3440. The van der Waals surface area contributed by atoms with Gasteiger partial charge in [-0.1, -0.05) is 127 Å². The summed E-state index contributed by atoms with van der Waals surface area (Å²) in [5.41, 5.74) is 0. The van der Waals surface area contributed by atoms with Gasteiger partial charge < -0.3 is 138 Å².